The molecule has 1 aliphatic heterocycles. The second-order valence-electron chi connectivity index (χ2n) is 7.70. The van der Waals surface area contributed by atoms with Crippen LogP contribution in [0.25, 0.3) is 11.2 Å². The van der Waals surface area contributed by atoms with Gasteiger partial charge in [-0.05, 0) is 24.5 Å². The zero-order valence-corrected chi connectivity index (χ0v) is 18.8. The summed E-state index contributed by atoms with van der Waals surface area (Å²) in [4.78, 5) is 43.3. The first-order valence-electron chi connectivity index (χ1n) is 9.92. The number of rotatable bonds is 4. The lowest BCUT2D eigenvalue weighted by atomic mass is 10.1. The summed E-state index contributed by atoms with van der Waals surface area (Å²) >= 11 is 3.56. The average molecular weight is 491 g/mol. The molecule has 0 bridgehead atoms. The normalized spacial score (nSPS) is 16.6. The fraction of sp³-hybridized carbons (Fsp3) is 0.400. The maximum atomic E-state index is 13.1. The number of nitrogens with one attached hydrogen (secondary N) is 1. The molecule has 0 saturated carbocycles. The summed E-state index contributed by atoms with van der Waals surface area (Å²) in [5.41, 5.74) is 0.739. The quantitative estimate of drug-likeness (QED) is 0.572. The summed E-state index contributed by atoms with van der Waals surface area (Å²) in [6, 6.07) is 7.47. The van der Waals surface area contributed by atoms with Gasteiger partial charge in [-0.15, -0.1) is 0 Å². The van der Waals surface area contributed by atoms with Gasteiger partial charge in [0, 0.05) is 37.7 Å². The van der Waals surface area contributed by atoms with Crippen molar-refractivity contribution in [3.8, 4) is 0 Å². The van der Waals surface area contributed by atoms with Gasteiger partial charge in [0.25, 0.3) is 5.56 Å². The summed E-state index contributed by atoms with van der Waals surface area (Å²) in [7, 11) is 3.04. The lowest BCUT2D eigenvalue weighted by Crippen LogP contribution is -2.48. The second kappa shape index (κ2) is 8.22. The Labute approximate surface area is 185 Å². The van der Waals surface area contributed by atoms with Crippen LogP contribution < -0.4 is 21.5 Å². The number of hydrogen-bond acceptors (Lipinski definition) is 5. The van der Waals surface area contributed by atoms with Crippen LogP contribution in [-0.2, 0) is 20.6 Å². The number of aryl methyl sites for hydroxylation is 1. The number of imidazole rings is 1. The van der Waals surface area contributed by atoms with Gasteiger partial charge >= 0.3 is 11.8 Å². The van der Waals surface area contributed by atoms with Gasteiger partial charge in [0.05, 0.1) is 6.54 Å². The Morgan fingerprint density at radius 2 is 2.00 bits per heavy atom. The van der Waals surface area contributed by atoms with Crippen LogP contribution in [0.4, 0.5) is 10.7 Å². The van der Waals surface area contributed by atoms with Crippen LogP contribution in [0.15, 0.2) is 38.3 Å². The SMILES string of the molecule is Cn1c(=O)c2c(nc(N3CCCC(NC(=O)O)C3)n2Cc2ccccc2Br)n(C)c1=O. The Morgan fingerprint density at radius 1 is 1.26 bits per heavy atom. The molecule has 3 heterocycles. The van der Waals surface area contributed by atoms with E-state index in [1.807, 2.05) is 33.7 Å². The minimum absolute atomic E-state index is 0.241. The van der Waals surface area contributed by atoms with Crippen molar-refractivity contribution >= 4 is 39.1 Å². The van der Waals surface area contributed by atoms with E-state index in [0.29, 0.717) is 36.7 Å². The lowest BCUT2D eigenvalue weighted by Gasteiger charge is -2.33. The molecule has 1 aliphatic rings. The van der Waals surface area contributed by atoms with E-state index < -0.39 is 17.3 Å². The molecule has 1 fully saturated rings. The van der Waals surface area contributed by atoms with Crippen molar-refractivity contribution in [3.63, 3.8) is 0 Å². The Kier molecular flexibility index (Phi) is 5.61. The highest BCUT2D eigenvalue weighted by molar-refractivity contribution is 9.10. The molecule has 1 aromatic carbocycles. The number of fused-ring (bicyclic) bond motifs is 1. The summed E-state index contributed by atoms with van der Waals surface area (Å²) in [5.74, 6) is 0.543. The number of anilines is 1. The number of carboxylic acid groups (broad SMARTS) is 1. The van der Waals surface area contributed by atoms with Crippen LogP contribution in [0, 0.1) is 0 Å². The molecule has 4 rings (SSSR count). The van der Waals surface area contributed by atoms with Gasteiger partial charge in [-0.2, -0.15) is 4.98 Å². The van der Waals surface area contributed by atoms with Crippen molar-refractivity contribution in [2.75, 3.05) is 18.0 Å². The molecule has 0 aliphatic carbocycles. The van der Waals surface area contributed by atoms with Gasteiger partial charge in [0.15, 0.2) is 11.2 Å². The Bertz CT molecular complexity index is 1280. The lowest BCUT2D eigenvalue weighted by molar-refractivity contribution is 0.188. The minimum Gasteiger partial charge on any atom is -0.465 e. The van der Waals surface area contributed by atoms with E-state index in [1.165, 1.54) is 11.6 Å². The molecule has 1 amide bonds. The number of carbonyl (C=O) groups is 1. The number of halogens is 1. The average Bonchev–Trinajstić information content (AvgIpc) is 3.11. The second-order valence-corrected chi connectivity index (χ2v) is 8.56. The number of piperidine rings is 1. The Hall–Kier alpha value is -3.08. The standard InChI is InChI=1S/C20H23BrN6O4/c1-24-16-15(17(28)25(2)20(24)31)27(10-12-6-3-4-8-14(12)21)18(23-16)26-9-5-7-13(11-26)22-19(29)30/h3-4,6,8,13,22H,5,7,9-11H2,1-2H3,(H,29,30). The van der Waals surface area contributed by atoms with E-state index in [1.54, 1.807) is 7.05 Å². The first-order chi connectivity index (χ1) is 14.8. The van der Waals surface area contributed by atoms with Crippen molar-refractivity contribution in [1.29, 1.82) is 0 Å². The van der Waals surface area contributed by atoms with Crippen LogP contribution in [0.3, 0.4) is 0 Å². The third-order valence-corrected chi connectivity index (χ3v) is 6.42. The van der Waals surface area contributed by atoms with Crippen molar-refractivity contribution in [3.05, 3.63) is 55.1 Å². The van der Waals surface area contributed by atoms with Gasteiger partial charge in [0.2, 0.25) is 5.95 Å². The fourth-order valence-electron chi connectivity index (χ4n) is 4.07. The van der Waals surface area contributed by atoms with Crippen molar-refractivity contribution in [2.24, 2.45) is 14.1 Å². The van der Waals surface area contributed by atoms with E-state index in [-0.39, 0.29) is 6.04 Å². The summed E-state index contributed by atoms with van der Waals surface area (Å²) in [6.07, 6.45) is 0.443. The van der Waals surface area contributed by atoms with Gasteiger partial charge < -0.3 is 15.3 Å². The number of amides is 1. The summed E-state index contributed by atoms with van der Waals surface area (Å²) in [6.45, 7) is 1.47. The van der Waals surface area contributed by atoms with Crippen LogP contribution in [-0.4, -0.2) is 49.0 Å². The number of benzene rings is 1. The zero-order chi connectivity index (χ0) is 22.3. The maximum Gasteiger partial charge on any atom is 0.404 e. The van der Waals surface area contributed by atoms with Crippen molar-refractivity contribution < 1.29 is 9.90 Å². The number of hydrogen-bond donors (Lipinski definition) is 2. The van der Waals surface area contributed by atoms with Gasteiger partial charge in [-0.1, -0.05) is 34.1 Å². The van der Waals surface area contributed by atoms with Gasteiger partial charge in [-0.3, -0.25) is 18.5 Å². The highest BCUT2D eigenvalue weighted by Crippen LogP contribution is 2.26. The van der Waals surface area contributed by atoms with Crippen molar-refractivity contribution in [2.45, 2.75) is 25.4 Å². The van der Waals surface area contributed by atoms with E-state index in [4.69, 9.17) is 5.11 Å². The van der Waals surface area contributed by atoms with Crippen LogP contribution in [0.1, 0.15) is 18.4 Å². The molecule has 0 radical (unpaired) electrons. The molecule has 164 valence electrons. The number of nitrogens with zero attached hydrogens (tertiary/aromatic N) is 5. The Balaban J connectivity index is 1.90. The predicted molar refractivity (Wildman–Crippen MR) is 120 cm³/mol. The van der Waals surface area contributed by atoms with E-state index in [2.05, 4.69) is 26.2 Å². The van der Waals surface area contributed by atoms with Gasteiger partial charge in [-0.25, -0.2) is 9.59 Å². The Morgan fingerprint density at radius 3 is 2.71 bits per heavy atom. The molecule has 0 spiro atoms. The highest BCUT2D eigenvalue weighted by atomic mass is 79.9. The molecule has 1 atom stereocenters. The van der Waals surface area contributed by atoms with Gasteiger partial charge in [0.1, 0.15) is 0 Å². The van der Waals surface area contributed by atoms with Crippen LogP contribution >= 0.6 is 15.9 Å². The molecule has 1 unspecified atom stereocenters. The monoisotopic (exact) mass is 490 g/mol. The molecule has 2 aromatic heterocycles. The van der Waals surface area contributed by atoms with E-state index >= 15 is 0 Å². The smallest absolute Gasteiger partial charge is 0.404 e. The molecular weight excluding hydrogens is 468 g/mol. The predicted octanol–water partition coefficient (Wildman–Crippen LogP) is 1.48. The summed E-state index contributed by atoms with van der Waals surface area (Å²) < 4.78 is 5.16. The zero-order valence-electron chi connectivity index (χ0n) is 17.2. The van der Waals surface area contributed by atoms with Crippen LogP contribution in [0.2, 0.25) is 0 Å². The molecule has 2 N–H and O–H groups in total. The van der Waals surface area contributed by atoms with Crippen molar-refractivity contribution in [1.82, 2.24) is 24.0 Å². The third-order valence-electron chi connectivity index (χ3n) is 5.65. The highest BCUT2D eigenvalue weighted by Gasteiger charge is 2.28. The topological polar surface area (TPSA) is 114 Å². The molecule has 31 heavy (non-hydrogen) atoms. The molecule has 3 aromatic rings. The minimum atomic E-state index is -1.06. The van der Waals surface area contributed by atoms with Crippen LogP contribution in [0.5, 0.6) is 0 Å². The van der Waals surface area contributed by atoms with E-state index in [0.717, 1.165) is 27.4 Å². The largest absolute Gasteiger partial charge is 0.465 e. The van der Waals surface area contributed by atoms with E-state index in [9.17, 15) is 14.4 Å². The maximum absolute atomic E-state index is 13.1. The number of aromatic nitrogens is 4. The molecule has 10 nitrogen and oxygen atoms in total. The molecular formula is C20H23BrN6O4. The molecule has 1 saturated heterocycles. The molecule has 11 heteroatoms. The first-order valence-corrected chi connectivity index (χ1v) is 10.7. The first kappa shape index (κ1) is 21.2. The third kappa shape index (κ3) is 3.85. The fourth-order valence-corrected chi connectivity index (χ4v) is 4.48. The summed E-state index contributed by atoms with van der Waals surface area (Å²) in [5, 5.41) is 11.7.